The quantitative estimate of drug-likeness (QED) is 0.718. The highest BCUT2D eigenvalue weighted by Crippen LogP contribution is 2.34. The third-order valence-corrected chi connectivity index (χ3v) is 4.52. The third kappa shape index (κ3) is 2.04. The Morgan fingerprint density at radius 1 is 1.30 bits per heavy atom. The fourth-order valence-corrected chi connectivity index (χ4v) is 3.24. The summed E-state index contributed by atoms with van der Waals surface area (Å²) in [6.45, 7) is 1.00. The third-order valence-electron chi connectivity index (χ3n) is 4.19. The molecule has 3 nitrogen and oxygen atoms in total. The molecule has 1 aliphatic rings. The molecule has 1 saturated carbocycles. The first-order valence-electron chi connectivity index (χ1n) is 7.29. The smallest absolute Gasteiger partial charge is 0.178 e. The molecular formula is C16H17N3S. The zero-order valence-electron chi connectivity index (χ0n) is 11.3. The molecule has 0 bridgehead atoms. The molecule has 3 aromatic rings. The normalized spacial score (nSPS) is 15.2. The van der Waals surface area contributed by atoms with Crippen molar-refractivity contribution in [2.45, 2.75) is 32.2 Å². The number of H-pyrrole nitrogens is 1. The summed E-state index contributed by atoms with van der Waals surface area (Å²) in [5.74, 6) is 0.979. The number of fused-ring (bicyclic) bond motifs is 3. The number of para-hydroxylation sites is 1. The zero-order chi connectivity index (χ0) is 13.5. The number of nitrogens with zero attached hydrogens (tertiary/aromatic N) is 2. The van der Waals surface area contributed by atoms with E-state index in [1.807, 2.05) is 12.3 Å². The molecule has 2 aromatic heterocycles. The number of benzene rings is 1. The summed E-state index contributed by atoms with van der Waals surface area (Å²) < 4.78 is 3.06. The van der Waals surface area contributed by atoms with Crippen molar-refractivity contribution >= 4 is 34.2 Å². The molecular weight excluding hydrogens is 266 g/mol. The Hall–Kier alpha value is -1.68. The predicted molar refractivity (Wildman–Crippen MR) is 84.4 cm³/mol. The van der Waals surface area contributed by atoms with Gasteiger partial charge in [-0.05, 0) is 37.0 Å². The number of aryl methyl sites for hydroxylation is 1. The molecule has 4 rings (SSSR count). The summed E-state index contributed by atoms with van der Waals surface area (Å²) in [5, 5.41) is 1.18. The molecule has 1 fully saturated rings. The van der Waals surface area contributed by atoms with Gasteiger partial charge in [-0.1, -0.05) is 31.0 Å². The largest absolute Gasteiger partial charge is 0.329 e. The number of pyridine rings is 1. The van der Waals surface area contributed by atoms with Crippen LogP contribution >= 0.6 is 12.2 Å². The fraction of sp³-hybridized carbons (Fsp3) is 0.375. The monoisotopic (exact) mass is 283 g/mol. The van der Waals surface area contributed by atoms with Crippen molar-refractivity contribution in [2.75, 3.05) is 0 Å². The van der Waals surface area contributed by atoms with Gasteiger partial charge in [0.15, 0.2) is 4.77 Å². The molecule has 0 radical (unpaired) electrons. The number of rotatable bonds is 4. The molecule has 0 saturated heterocycles. The van der Waals surface area contributed by atoms with Crippen molar-refractivity contribution in [1.29, 1.82) is 0 Å². The highest BCUT2D eigenvalue weighted by atomic mass is 32.1. The van der Waals surface area contributed by atoms with Gasteiger partial charge in [-0.2, -0.15) is 0 Å². The van der Waals surface area contributed by atoms with Crippen molar-refractivity contribution in [3.05, 3.63) is 35.2 Å². The lowest BCUT2D eigenvalue weighted by molar-refractivity contribution is 0.583. The Morgan fingerprint density at radius 2 is 2.15 bits per heavy atom. The van der Waals surface area contributed by atoms with E-state index in [0.717, 1.165) is 28.3 Å². The van der Waals surface area contributed by atoms with Gasteiger partial charge in [-0.3, -0.25) is 4.98 Å². The molecule has 0 amide bonds. The molecule has 0 spiro atoms. The standard InChI is InChI=1S/C16H17N3S/c20-16-18-14-10-17-13-6-2-1-5-12(13)15(14)19(16)9-3-4-11-7-8-11/h1-2,5-6,10-11H,3-4,7-9H2,(H,18,20). The topological polar surface area (TPSA) is 33.6 Å². The number of hydrogen-bond donors (Lipinski definition) is 1. The second kappa shape index (κ2) is 4.70. The van der Waals surface area contributed by atoms with Gasteiger partial charge in [0.05, 0.1) is 22.7 Å². The van der Waals surface area contributed by atoms with Gasteiger partial charge in [-0.25, -0.2) is 0 Å². The van der Waals surface area contributed by atoms with Crippen molar-refractivity contribution in [2.24, 2.45) is 5.92 Å². The second-order valence-corrected chi connectivity index (χ2v) is 6.09. The first kappa shape index (κ1) is 12.1. The molecule has 102 valence electrons. The van der Waals surface area contributed by atoms with Crippen LogP contribution in [-0.4, -0.2) is 14.5 Å². The summed E-state index contributed by atoms with van der Waals surface area (Å²) in [6.07, 6.45) is 7.28. The van der Waals surface area contributed by atoms with E-state index < -0.39 is 0 Å². The van der Waals surface area contributed by atoms with Crippen LogP contribution in [0.15, 0.2) is 30.5 Å². The lowest BCUT2D eigenvalue weighted by Gasteiger charge is -2.06. The number of imidazole rings is 1. The maximum Gasteiger partial charge on any atom is 0.178 e. The SMILES string of the molecule is S=c1[nH]c2cnc3ccccc3c2n1CCCC1CC1. The van der Waals surface area contributed by atoms with Crippen LogP contribution in [0.2, 0.25) is 0 Å². The Bertz CT molecular complexity index is 826. The minimum Gasteiger partial charge on any atom is -0.329 e. The Kier molecular flexibility index (Phi) is 2.84. The van der Waals surface area contributed by atoms with E-state index in [1.54, 1.807) is 0 Å². The van der Waals surface area contributed by atoms with Crippen LogP contribution in [0.3, 0.4) is 0 Å². The van der Waals surface area contributed by atoms with Crippen molar-refractivity contribution in [3.8, 4) is 0 Å². The lowest BCUT2D eigenvalue weighted by atomic mass is 10.2. The van der Waals surface area contributed by atoms with Gasteiger partial charge >= 0.3 is 0 Å². The van der Waals surface area contributed by atoms with Gasteiger partial charge in [-0.15, -0.1) is 0 Å². The zero-order valence-corrected chi connectivity index (χ0v) is 12.1. The van der Waals surface area contributed by atoms with Crippen LogP contribution in [0, 0.1) is 10.7 Å². The molecule has 1 N–H and O–H groups in total. The highest BCUT2D eigenvalue weighted by molar-refractivity contribution is 7.71. The van der Waals surface area contributed by atoms with E-state index in [4.69, 9.17) is 12.2 Å². The number of nitrogens with one attached hydrogen (secondary N) is 1. The maximum atomic E-state index is 5.49. The van der Waals surface area contributed by atoms with E-state index in [0.29, 0.717) is 0 Å². The average Bonchev–Trinajstić information content (AvgIpc) is 3.23. The number of hydrogen-bond acceptors (Lipinski definition) is 2. The van der Waals surface area contributed by atoms with Gasteiger partial charge < -0.3 is 9.55 Å². The molecule has 0 aliphatic heterocycles. The predicted octanol–water partition coefficient (Wildman–Crippen LogP) is 4.44. The van der Waals surface area contributed by atoms with Gasteiger partial charge in [0.1, 0.15) is 0 Å². The minimum atomic E-state index is 0.814. The highest BCUT2D eigenvalue weighted by Gasteiger charge is 2.20. The number of aromatic amines is 1. The van der Waals surface area contributed by atoms with E-state index in [9.17, 15) is 0 Å². The molecule has 2 heterocycles. The van der Waals surface area contributed by atoms with E-state index in [1.165, 1.54) is 36.6 Å². The van der Waals surface area contributed by atoms with Gasteiger partial charge in [0.25, 0.3) is 0 Å². The Labute approximate surface area is 122 Å². The first-order chi connectivity index (χ1) is 9.83. The minimum absolute atomic E-state index is 0.814. The van der Waals surface area contributed by atoms with E-state index in [-0.39, 0.29) is 0 Å². The van der Waals surface area contributed by atoms with E-state index >= 15 is 0 Å². The maximum absolute atomic E-state index is 5.49. The van der Waals surface area contributed by atoms with Crippen LogP contribution < -0.4 is 0 Å². The van der Waals surface area contributed by atoms with Crippen molar-refractivity contribution in [1.82, 2.24) is 14.5 Å². The van der Waals surface area contributed by atoms with E-state index in [2.05, 4.69) is 32.7 Å². The summed E-state index contributed by atoms with van der Waals surface area (Å²) >= 11 is 5.49. The van der Waals surface area contributed by atoms with Crippen LogP contribution in [0.4, 0.5) is 0 Å². The molecule has 1 aliphatic carbocycles. The summed E-state index contributed by atoms with van der Waals surface area (Å²) in [6, 6.07) is 8.28. The van der Waals surface area contributed by atoms with Crippen LogP contribution in [0.1, 0.15) is 25.7 Å². The first-order valence-corrected chi connectivity index (χ1v) is 7.70. The van der Waals surface area contributed by atoms with Crippen molar-refractivity contribution in [3.63, 3.8) is 0 Å². The molecule has 20 heavy (non-hydrogen) atoms. The summed E-state index contributed by atoms with van der Waals surface area (Å²) in [7, 11) is 0. The second-order valence-electron chi connectivity index (χ2n) is 5.71. The summed E-state index contributed by atoms with van der Waals surface area (Å²) in [5.41, 5.74) is 3.28. The van der Waals surface area contributed by atoms with Gasteiger partial charge in [0.2, 0.25) is 0 Å². The summed E-state index contributed by atoms with van der Waals surface area (Å²) in [4.78, 5) is 7.78. The molecule has 0 atom stereocenters. The fourth-order valence-electron chi connectivity index (χ4n) is 2.95. The molecule has 0 unspecified atom stereocenters. The molecule has 1 aromatic carbocycles. The lowest BCUT2D eigenvalue weighted by Crippen LogP contribution is -1.99. The number of aromatic nitrogens is 3. The van der Waals surface area contributed by atoms with Crippen LogP contribution in [0.5, 0.6) is 0 Å². The van der Waals surface area contributed by atoms with Gasteiger partial charge in [0, 0.05) is 11.9 Å². The molecule has 4 heteroatoms. The Balaban J connectivity index is 1.82. The van der Waals surface area contributed by atoms with Crippen molar-refractivity contribution < 1.29 is 0 Å². The average molecular weight is 283 g/mol. The van der Waals surface area contributed by atoms with Crippen LogP contribution in [-0.2, 0) is 6.54 Å². The van der Waals surface area contributed by atoms with Crippen LogP contribution in [0.25, 0.3) is 21.9 Å². The Morgan fingerprint density at radius 3 is 3.00 bits per heavy atom.